The number of rotatable bonds is 8. The molecule has 0 radical (unpaired) electrons. The number of carbonyl (C=O) groups excluding carboxylic acids is 1. The van der Waals surface area contributed by atoms with Crippen LogP contribution in [0.25, 0.3) is 0 Å². The maximum absolute atomic E-state index is 12.4. The number of hydrogen-bond acceptors (Lipinski definition) is 2. The lowest BCUT2D eigenvalue weighted by molar-refractivity contribution is 0.0772. The molecule has 0 atom stereocenters. The highest BCUT2D eigenvalue weighted by molar-refractivity contribution is 6.74. The van der Waals surface area contributed by atoms with Crippen LogP contribution in [0.2, 0.25) is 18.1 Å². The Labute approximate surface area is 130 Å². The van der Waals surface area contributed by atoms with Crippen molar-refractivity contribution in [1.82, 2.24) is 4.90 Å². The highest BCUT2D eigenvalue weighted by atomic mass is 28.4. The van der Waals surface area contributed by atoms with E-state index in [1.54, 1.807) is 0 Å². The zero-order chi connectivity index (χ0) is 15.9. The van der Waals surface area contributed by atoms with Gasteiger partial charge in [-0.3, -0.25) is 4.79 Å². The summed E-state index contributed by atoms with van der Waals surface area (Å²) in [5.41, 5.74) is 0.724. The SMILES string of the molecule is CCN(CC)C(=O)c1cccc(O[Si](CC)(CC)CC)c1. The molecule has 0 heterocycles. The largest absolute Gasteiger partial charge is 0.543 e. The van der Waals surface area contributed by atoms with Gasteiger partial charge in [0.25, 0.3) is 5.91 Å². The first-order chi connectivity index (χ1) is 10.1. The molecule has 0 saturated heterocycles. The monoisotopic (exact) mass is 307 g/mol. The molecule has 0 aliphatic heterocycles. The maximum Gasteiger partial charge on any atom is 0.253 e. The van der Waals surface area contributed by atoms with Gasteiger partial charge in [0, 0.05) is 18.7 Å². The van der Waals surface area contributed by atoms with E-state index in [1.807, 2.05) is 43.0 Å². The van der Waals surface area contributed by atoms with E-state index in [1.165, 1.54) is 0 Å². The van der Waals surface area contributed by atoms with Crippen molar-refractivity contribution in [1.29, 1.82) is 0 Å². The van der Waals surface area contributed by atoms with Crippen molar-refractivity contribution in [3.8, 4) is 5.75 Å². The molecule has 0 unspecified atom stereocenters. The van der Waals surface area contributed by atoms with Gasteiger partial charge in [-0.2, -0.15) is 0 Å². The molecule has 1 aromatic rings. The van der Waals surface area contributed by atoms with E-state index in [0.717, 1.165) is 42.5 Å². The van der Waals surface area contributed by atoms with E-state index in [-0.39, 0.29) is 5.91 Å². The van der Waals surface area contributed by atoms with E-state index in [9.17, 15) is 4.79 Å². The van der Waals surface area contributed by atoms with Gasteiger partial charge in [-0.15, -0.1) is 0 Å². The fourth-order valence-electron chi connectivity index (χ4n) is 2.60. The average Bonchev–Trinajstić information content (AvgIpc) is 2.54. The Balaban J connectivity index is 2.98. The third-order valence-electron chi connectivity index (χ3n) is 4.40. The summed E-state index contributed by atoms with van der Waals surface area (Å²) >= 11 is 0. The Bertz CT molecular complexity index is 446. The summed E-state index contributed by atoms with van der Waals surface area (Å²) in [7, 11) is -1.68. The second-order valence-corrected chi connectivity index (χ2v) is 10.0. The van der Waals surface area contributed by atoms with Crippen molar-refractivity contribution in [3.05, 3.63) is 29.8 Å². The normalized spacial score (nSPS) is 11.3. The van der Waals surface area contributed by atoms with Gasteiger partial charge in [0.1, 0.15) is 5.75 Å². The van der Waals surface area contributed by atoms with Crippen LogP contribution in [0, 0.1) is 0 Å². The molecular weight excluding hydrogens is 278 g/mol. The van der Waals surface area contributed by atoms with Crippen LogP contribution >= 0.6 is 0 Å². The third kappa shape index (κ3) is 4.33. The van der Waals surface area contributed by atoms with Gasteiger partial charge in [-0.05, 0) is 50.2 Å². The number of hydrogen-bond donors (Lipinski definition) is 0. The van der Waals surface area contributed by atoms with Gasteiger partial charge in [0.05, 0.1) is 0 Å². The fourth-order valence-corrected chi connectivity index (χ4v) is 5.16. The summed E-state index contributed by atoms with van der Waals surface area (Å²) in [5, 5.41) is 0. The molecule has 1 rings (SSSR count). The Morgan fingerprint density at radius 3 is 2.10 bits per heavy atom. The van der Waals surface area contributed by atoms with E-state index in [0.29, 0.717) is 0 Å². The molecule has 1 aromatic carbocycles. The van der Waals surface area contributed by atoms with Crippen LogP contribution in [-0.4, -0.2) is 32.2 Å². The van der Waals surface area contributed by atoms with Crippen molar-refractivity contribution in [3.63, 3.8) is 0 Å². The Kier molecular flexibility index (Phi) is 6.95. The molecule has 0 N–H and O–H groups in total. The molecule has 0 bridgehead atoms. The lowest BCUT2D eigenvalue weighted by atomic mass is 10.2. The smallest absolute Gasteiger partial charge is 0.253 e. The first-order valence-electron chi connectivity index (χ1n) is 8.14. The standard InChI is InChI=1S/C17H29NO2Si/c1-6-18(7-2)17(19)15-12-11-13-16(14-15)20-21(8-3,9-4)10-5/h11-14H,6-10H2,1-5H3. The number of benzene rings is 1. The summed E-state index contributed by atoms with van der Waals surface area (Å²) < 4.78 is 6.36. The summed E-state index contributed by atoms with van der Waals surface area (Å²) in [6.45, 7) is 12.1. The fraction of sp³-hybridized carbons (Fsp3) is 0.588. The molecule has 0 aliphatic carbocycles. The highest BCUT2D eigenvalue weighted by Gasteiger charge is 2.30. The quantitative estimate of drug-likeness (QED) is 0.659. The van der Waals surface area contributed by atoms with Gasteiger partial charge in [-0.25, -0.2) is 0 Å². The number of nitrogens with zero attached hydrogens (tertiary/aromatic N) is 1. The minimum Gasteiger partial charge on any atom is -0.543 e. The van der Waals surface area contributed by atoms with Crippen LogP contribution in [0.15, 0.2) is 24.3 Å². The molecule has 1 amide bonds. The zero-order valence-electron chi connectivity index (χ0n) is 14.1. The van der Waals surface area contributed by atoms with Crippen molar-refractivity contribution in [2.45, 2.75) is 52.8 Å². The van der Waals surface area contributed by atoms with E-state index in [4.69, 9.17) is 4.43 Å². The zero-order valence-corrected chi connectivity index (χ0v) is 15.1. The number of amides is 1. The Hall–Kier alpha value is -1.29. The Morgan fingerprint density at radius 1 is 1.05 bits per heavy atom. The predicted octanol–water partition coefficient (Wildman–Crippen LogP) is 4.55. The van der Waals surface area contributed by atoms with Crippen molar-refractivity contribution in [2.24, 2.45) is 0 Å². The van der Waals surface area contributed by atoms with Crippen LogP contribution < -0.4 is 4.43 Å². The summed E-state index contributed by atoms with van der Waals surface area (Å²) in [4.78, 5) is 14.3. The number of carbonyl (C=O) groups is 1. The molecule has 0 aliphatic rings. The van der Waals surface area contributed by atoms with Gasteiger partial charge < -0.3 is 9.33 Å². The van der Waals surface area contributed by atoms with Crippen LogP contribution in [-0.2, 0) is 0 Å². The Morgan fingerprint density at radius 2 is 1.62 bits per heavy atom. The molecule has 4 heteroatoms. The molecular formula is C17H29NO2Si. The minimum absolute atomic E-state index is 0.0854. The molecule has 0 fully saturated rings. The van der Waals surface area contributed by atoms with Crippen LogP contribution in [0.4, 0.5) is 0 Å². The van der Waals surface area contributed by atoms with Crippen LogP contribution in [0.5, 0.6) is 5.75 Å². The summed E-state index contributed by atoms with van der Waals surface area (Å²) in [5.74, 6) is 0.937. The first kappa shape index (κ1) is 17.8. The van der Waals surface area contributed by atoms with Gasteiger partial charge >= 0.3 is 0 Å². The maximum atomic E-state index is 12.4. The molecule has 0 saturated carbocycles. The molecule has 0 aromatic heterocycles. The second kappa shape index (κ2) is 8.22. The molecule has 118 valence electrons. The van der Waals surface area contributed by atoms with E-state index >= 15 is 0 Å². The lowest BCUT2D eigenvalue weighted by Crippen LogP contribution is -2.39. The van der Waals surface area contributed by atoms with Gasteiger partial charge in [-0.1, -0.05) is 26.8 Å². The predicted molar refractivity (Wildman–Crippen MR) is 91.5 cm³/mol. The van der Waals surface area contributed by atoms with Gasteiger partial charge in [0.15, 0.2) is 0 Å². The van der Waals surface area contributed by atoms with Crippen LogP contribution in [0.1, 0.15) is 45.0 Å². The molecule has 3 nitrogen and oxygen atoms in total. The summed E-state index contributed by atoms with van der Waals surface area (Å²) in [6, 6.07) is 11.0. The first-order valence-corrected chi connectivity index (χ1v) is 10.7. The molecule has 0 spiro atoms. The third-order valence-corrected chi connectivity index (χ3v) is 8.93. The molecule has 21 heavy (non-hydrogen) atoms. The van der Waals surface area contributed by atoms with Crippen LogP contribution in [0.3, 0.4) is 0 Å². The van der Waals surface area contributed by atoms with Crippen molar-refractivity contribution >= 4 is 14.2 Å². The average molecular weight is 308 g/mol. The van der Waals surface area contributed by atoms with E-state index in [2.05, 4.69) is 20.8 Å². The van der Waals surface area contributed by atoms with Crippen molar-refractivity contribution in [2.75, 3.05) is 13.1 Å². The second-order valence-electron chi connectivity index (χ2n) is 5.35. The van der Waals surface area contributed by atoms with Gasteiger partial charge in [0.2, 0.25) is 8.32 Å². The minimum atomic E-state index is -1.68. The lowest BCUT2D eigenvalue weighted by Gasteiger charge is -2.29. The van der Waals surface area contributed by atoms with Crippen molar-refractivity contribution < 1.29 is 9.22 Å². The topological polar surface area (TPSA) is 29.5 Å². The highest BCUT2D eigenvalue weighted by Crippen LogP contribution is 2.26. The van der Waals surface area contributed by atoms with E-state index < -0.39 is 8.32 Å². The summed E-state index contributed by atoms with van der Waals surface area (Å²) in [6.07, 6.45) is 0.